The van der Waals surface area contributed by atoms with E-state index in [1.807, 2.05) is 13.8 Å². The quantitative estimate of drug-likeness (QED) is 0.546. The number of rotatable bonds is 1. The lowest BCUT2D eigenvalue weighted by molar-refractivity contribution is -0.558. The van der Waals surface area contributed by atoms with E-state index in [0.717, 1.165) is 38.5 Å². The second-order valence-corrected chi connectivity index (χ2v) is 6.83. The van der Waals surface area contributed by atoms with Gasteiger partial charge in [-0.25, -0.2) is 9.78 Å². The molecule has 4 heterocycles. The van der Waals surface area contributed by atoms with Crippen molar-refractivity contribution in [3.63, 3.8) is 0 Å². The zero-order valence-corrected chi connectivity index (χ0v) is 12.1. The maximum atomic E-state index is 12.3. The summed E-state index contributed by atoms with van der Waals surface area (Å²) >= 11 is 0. The van der Waals surface area contributed by atoms with Crippen molar-refractivity contribution in [1.29, 1.82) is 0 Å². The van der Waals surface area contributed by atoms with Crippen molar-refractivity contribution in [2.45, 2.75) is 70.1 Å². The summed E-state index contributed by atoms with van der Waals surface area (Å²) in [6.45, 7) is 3.91. The topological polar surface area (TPSA) is 54.0 Å². The van der Waals surface area contributed by atoms with Crippen molar-refractivity contribution >= 4 is 5.97 Å². The summed E-state index contributed by atoms with van der Waals surface area (Å²) in [6.07, 6.45) is 5.22. The van der Waals surface area contributed by atoms with Crippen LogP contribution in [0, 0.1) is 17.8 Å². The van der Waals surface area contributed by atoms with Gasteiger partial charge in [0.25, 0.3) is 0 Å². The molecule has 1 aliphatic carbocycles. The molecule has 0 aromatic heterocycles. The fourth-order valence-corrected chi connectivity index (χ4v) is 4.72. The third-order valence-corrected chi connectivity index (χ3v) is 5.77. The fraction of sp³-hybridized carbons (Fsp3) is 0.933. The maximum Gasteiger partial charge on any atom is 0.311 e. The first-order valence-corrected chi connectivity index (χ1v) is 7.84. The second-order valence-electron chi connectivity index (χ2n) is 6.83. The average molecular weight is 282 g/mol. The van der Waals surface area contributed by atoms with Crippen LogP contribution in [0.5, 0.6) is 0 Å². The SMILES string of the molecule is CC[C@H]1C(=O)OC2O[C@@]3(C)CCC4CCCC1C42OO3. The van der Waals surface area contributed by atoms with E-state index < -0.39 is 17.7 Å². The smallest absolute Gasteiger partial charge is 0.311 e. The maximum absolute atomic E-state index is 12.3. The molecule has 20 heavy (non-hydrogen) atoms. The zero-order chi connectivity index (χ0) is 14.0. The Morgan fingerprint density at radius 2 is 2.10 bits per heavy atom. The molecular weight excluding hydrogens is 260 g/mol. The molecule has 0 aromatic carbocycles. The lowest BCUT2D eigenvalue weighted by atomic mass is 9.61. The van der Waals surface area contributed by atoms with Gasteiger partial charge < -0.3 is 9.47 Å². The highest BCUT2D eigenvalue weighted by Gasteiger charge is 2.69. The van der Waals surface area contributed by atoms with Gasteiger partial charge in [0, 0.05) is 12.3 Å². The van der Waals surface area contributed by atoms with E-state index >= 15 is 0 Å². The van der Waals surface area contributed by atoms with Gasteiger partial charge in [-0.1, -0.05) is 13.3 Å². The molecule has 2 bridgehead atoms. The lowest BCUT2D eigenvalue weighted by Crippen LogP contribution is -2.68. The Balaban J connectivity index is 1.81. The summed E-state index contributed by atoms with van der Waals surface area (Å²) in [5.41, 5.74) is -0.581. The van der Waals surface area contributed by atoms with E-state index in [9.17, 15) is 4.79 Å². The molecule has 0 amide bonds. The van der Waals surface area contributed by atoms with Gasteiger partial charge >= 0.3 is 5.97 Å². The first-order valence-electron chi connectivity index (χ1n) is 7.84. The highest BCUT2D eigenvalue weighted by Crippen LogP contribution is 2.58. The number of hydrogen-bond donors (Lipinski definition) is 0. The van der Waals surface area contributed by atoms with E-state index in [4.69, 9.17) is 19.2 Å². The number of carbonyl (C=O) groups excluding carboxylic acids is 1. The molecule has 5 nitrogen and oxygen atoms in total. The normalized spacial score (nSPS) is 54.0. The number of hydrogen-bond acceptors (Lipinski definition) is 5. The zero-order valence-electron chi connectivity index (χ0n) is 12.1. The predicted molar refractivity (Wildman–Crippen MR) is 68.1 cm³/mol. The van der Waals surface area contributed by atoms with Gasteiger partial charge in [0.05, 0.1) is 5.92 Å². The summed E-state index contributed by atoms with van der Waals surface area (Å²) in [7, 11) is 0. The first-order chi connectivity index (χ1) is 9.59. The Bertz CT molecular complexity index is 438. The average Bonchev–Trinajstić information content (AvgIpc) is 2.65. The van der Waals surface area contributed by atoms with Crippen LogP contribution in [-0.2, 0) is 24.0 Å². The van der Waals surface area contributed by atoms with E-state index in [1.165, 1.54) is 0 Å². The molecule has 4 saturated heterocycles. The number of ether oxygens (including phenoxy) is 2. The third kappa shape index (κ3) is 1.51. The van der Waals surface area contributed by atoms with Crippen LogP contribution in [0.25, 0.3) is 0 Å². The van der Waals surface area contributed by atoms with Crippen LogP contribution in [0.15, 0.2) is 0 Å². The molecule has 6 atom stereocenters. The molecule has 0 aromatic rings. The first kappa shape index (κ1) is 13.0. The van der Waals surface area contributed by atoms with Crippen molar-refractivity contribution in [1.82, 2.24) is 0 Å². The Kier molecular flexibility index (Phi) is 2.73. The minimum atomic E-state index is -0.781. The summed E-state index contributed by atoms with van der Waals surface area (Å²) < 4.78 is 11.6. The van der Waals surface area contributed by atoms with Crippen molar-refractivity contribution in [3.8, 4) is 0 Å². The Morgan fingerprint density at radius 3 is 2.90 bits per heavy atom. The van der Waals surface area contributed by atoms with Crippen LogP contribution < -0.4 is 0 Å². The van der Waals surface area contributed by atoms with E-state index in [2.05, 4.69) is 0 Å². The molecular formula is C15H22O5. The third-order valence-electron chi connectivity index (χ3n) is 5.77. The minimum Gasteiger partial charge on any atom is -0.432 e. The van der Waals surface area contributed by atoms with Crippen LogP contribution in [-0.4, -0.2) is 23.6 Å². The van der Waals surface area contributed by atoms with Crippen molar-refractivity contribution in [2.24, 2.45) is 17.8 Å². The molecule has 4 aliphatic heterocycles. The fourth-order valence-electron chi connectivity index (χ4n) is 4.72. The lowest BCUT2D eigenvalue weighted by Gasteiger charge is -2.56. The van der Waals surface area contributed by atoms with Crippen LogP contribution >= 0.6 is 0 Å². The molecule has 4 unspecified atom stereocenters. The molecule has 1 saturated carbocycles. The predicted octanol–water partition coefficient (Wildman–Crippen LogP) is 2.54. The van der Waals surface area contributed by atoms with Crippen molar-refractivity contribution in [2.75, 3.05) is 0 Å². The molecule has 112 valence electrons. The Hall–Kier alpha value is -0.650. The summed E-state index contributed by atoms with van der Waals surface area (Å²) in [5.74, 6) is -0.493. The van der Waals surface area contributed by atoms with Crippen LogP contribution in [0.4, 0.5) is 0 Å². The van der Waals surface area contributed by atoms with E-state index in [1.54, 1.807) is 0 Å². The van der Waals surface area contributed by atoms with Gasteiger partial charge in [-0.05, 0) is 38.5 Å². The molecule has 0 N–H and O–H groups in total. The monoisotopic (exact) mass is 282 g/mol. The number of fused-ring (bicyclic) bond motifs is 2. The summed E-state index contributed by atoms with van der Waals surface area (Å²) in [6, 6.07) is 0. The number of carbonyl (C=O) groups is 1. The van der Waals surface area contributed by atoms with Gasteiger partial charge in [0.2, 0.25) is 12.1 Å². The van der Waals surface area contributed by atoms with Gasteiger partial charge in [0.1, 0.15) is 0 Å². The van der Waals surface area contributed by atoms with E-state index in [0.29, 0.717) is 5.92 Å². The second kappa shape index (κ2) is 4.18. The molecule has 5 fully saturated rings. The standard InChI is InChI=1S/C15H22O5/c1-3-10-11-6-4-5-9-7-8-14(2)18-13(17-12(10)16)15(9,11)20-19-14/h9-11,13H,3-8H2,1-2H3/t9?,10-,11?,13?,14-,15?/m1/s1. The van der Waals surface area contributed by atoms with Gasteiger partial charge in [-0.15, -0.1) is 0 Å². The molecule has 5 heteroatoms. The molecule has 5 aliphatic rings. The van der Waals surface area contributed by atoms with Crippen LogP contribution in [0.3, 0.4) is 0 Å². The minimum absolute atomic E-state index is 0.0938. The Labute approximate surface area is 118 Å². The summed E-state index contributed by atoms with van der Waals surface area (Å²) in [5, 5.41) is 0. The molecule has 1 spiro atoms. The molecule has 5 rings (SSSR count). The van der Waals surface area contributed by atoms with Crippen molar-refractivity contribution in [3.05, 3.63) is 0 Å². The highest BCUT2D eigenvalue weighted by molar-refractivity contribution is 5.74. The highest BCUT2D eigenvalue weighted by atomic mass is 17.3. The van der Waals surface area contributed by atoms with Gasteiger partial charge in [-0.3, -0.25) is 4.79 Å². The molecule has 0 radical (unpaired) electrons. The van der Waals surface area contributed by atoms with Gasteiger partial charge in [0.15, 0.2) is 5.60 Å². The number of esters is 1. The van der Waals surface area contributed by atoms with Crippen LogP contribution in [0.1, 0.15) is 52.4 Å². The largest absolute Gasteiger partial charge is 0.432 e. The van der Waals surface area contributed by atoms with Gasteiger partial charge in [-0.2, -0.15) is 0 Å². The summed E-state index contributed by atoms with van der Waals surface area (Å²) in [4.78, 5) is 23.8. The van der Waals surface area contributed by atoms with E-state index in [-0.39, 0.29) is 17.8 Å². The van der Waals surface area contributed by atoms with Crippen LogP contribution in [0.2, 0.25) is 0 Å². The van der Waals surface area contributed by atoms with Crippen molar-refractivity contribution < 1.29 is 24.0 Å². The Morgan fingerprint density at radius 1 is 1.25 bits per heavy atom.